The maximum Gasteiger partial charge on any atom is 0.316 e. The molecule has 4 aliphatic carbocycles. The van der Waals surface area contributed by atoms with Crippen molar-refractivity contribution in [2.24, 2.45) is 40.4 Å². The van der Waals surface area contributed by atoms with Crippen LogP contribution in [0.4, 0.5) is 0 Å². The van der Waals surface area contributed by atoms with Crippen molar-refractivity contribution in [1.29, 1.82) is 0 Å². The number of ketones is 1. The standard InChI is InChI=1S/C25H36I2O5/c1-14(28)18-6-7-19-17-5-4-15-10-16(31-21(29)12-26)8-9-24(15,2)23(17)20(11-25(18,19)3)32-22(30)13-27/h15-20,23H,4-13H2,1-3H3/t15?,16?,17-,18+,19-,20?,23+,24-,25+/m0/s1. The number of halogens is 2. The summed E-state index contributed by atoms with van der Waals surface area (Å²) in [6.07, 6.45) is 7.89. The summed E-state index contributed by atoms with van der Waals surface area (Å²) >= 11 is 4.15. The third-order valence-electron chi connectivity index (χ3n) is 9.81. The first-order chi connectivity index (χ1) is 15.1. The first kappa shape index (κ1) is 25.2. The summed E-state index contributed by atoms with van der Waals surface area (Å²) in [5.41, 5.74) is 0.0153. The zero-order chi connectivity index (χ0) is 23.3. The summed E-state index contributed by atoms with van der Waals surface area (Å²) in [6, 6.07) is 0. The molecule has 0 aliphatic heterocycles. The summed E-state index contributed by atoms with van der Waals surface area (Å²) < 4.78 is 12.7. The van der Waals surface area contributed by atoms with Crippen LogP contribution in [0.3, 0.4) is 0 Å². The van der Waals surface area contributed by atoms with Crippen LogP contribution in [0.15, 0.2) is 0 Å². The van der Waals surface area contributed by atoms with E-state index in [0.29, 0.717) is 38.3 Å². The summed E-state index contributed by atoms with van der Waals surface area (Å²) in [4.78, 5) is 36.9. The first-order valence-electron chi connectivity index (χ1n) is 12.2. The van der Waals surface area contributed by atoms with Gasteiger partial charge in [0.25, 0.3) is 0 Å². The minimum absolute atomic E-state index is 0.0182. The number of carbonyl (C=O) groups excluding carboxylic acids is 3. The molecule has 0 saturated heterocycles. The largest absolute Gasteiger partial charge is 0.462 e. The fourth-order valence-electron chi connectivity index (χ4n) is 8.61. The van der Waals surface area contributed by atoms with Gasteiger partial charge >= 0.3 is 11.9 Å². The molecule has 180 valence electrons. The van der Waals surface area contributed by atoms with E-state index >= 15 is 0 Å². The van der Waals surface area contributed by atoms with Gasteiger partial charge < -0.3 is 9.47 Å². The van der Waals surface area contributed by atoms with Gasteiger partial charge in [-0.1, -0.05) is 59.0 Å². The van der Waals surface area contributed by atoms with E-state index in [1.165, 1.54) is 0 Å². The van der Waals surface area contributed by atoms with Crippen molar-refractivity contribution in [1.82, 2.24) is 0 Å². The number of Topliss-reactive ketones (excluding diaryl/α,β-unsaturated/α-hetero) is 1. The molecule has 9 atom stereocenters. The topological polar surface area (TPSA) is 69.7 Å². The average Bonchev–Trinajstić information content (AvgIpc) is 3.10. The smallest absolute Gasteiger partial charge is 0.316 e. The molecule has 0 radical (unpaired) electrons. The van der Waals surface area contributed by atoms with E-state index in [1.54, 1.807) is 6.92 Å². The normalized spacial score (nSPS) is 45.2. The molecule has 4 fully saturated rings. The van der Waals surface area contributed by atoms with Crippen molar-refractivity contribution in [3.63, 3.8) is 0 Å². The number of rotatable bonds is 5. The number of esters is 2. The van der Waals surface area contributed by atoms with Crippen LogP contribution in [-0.2, 0) is 23.9 Å². The zero-order valence-corrected chi connectivity index (χ0v) is 23.7. The van der Waals surface area contributed by atoms with Gasteiger partial charge in [-0.3, -0.25) is 14.4 Å². The van der Waals surface area contributed by atoms with Crippen LogP contribution in [0, 0.1) is 40.4 Å². The van der Waals surface area contributed by atoms with Gasteiger partial charge in [0.05, 0.1) is 8.86 Å². The molecule has 32 heavy (non-hydrogen) atoms. The third-order valence-corrected chi connectivity index (χ3v) is 11.1. The van der Waals surface area contributed by atoms with Crippen LogP contribution in [0.2, 0.25) is 0 Å². The van der Waals surface area contributed by atoms with Crippen molar-refractivity contribution in [3.05, 3.63) is 0 Å². The molecule has 3 unspecified atom stereocenters. The van der Waals surface area contributed by atoms with Crippen molar-refractivity contribution in [2.45, 2.75) is 84.3 Å². The fraction of sp³-hybridized carbons (Fsp3) is 0.880. The number of hydrogen-bond acceptors (Lipinski definition) is 5. The molecule has 4 aliphatic rings. The lowest BCUT2D eigenvalue weighted by molar-refractivity contribution is -0.199. The maximum absolute atomic E-state index is 12.5. The van der Waals surface area contributed by atoms with E-state index in [4.69, 9.17) is 9.47 Å². The molecule has 0 aromatic carbocycles. The average molecular weight is 670 g/mol. The number of alkyl halides is 2. The van der Waals surface area contributed by atoms with Crippen molar-refractivity contribution < 1.29 is 23.9 Å². The van der Waals surface area contributed by atoms with Gasteiger partial charge in [-0.15, -0.1) is 0 Å². The number of ether oxygens (including phenoxy) is 2. The second-order valence-electron chi connectivity index (χ2n) is 11.2. The first-order valence-corrected chi connectivity index (χ1v) is 15.2. The minimum Gasteiger partial charge on any atom is -0.462 e. The highest BCUT2D eigenvalue weighted by Gasteiger charge is 2.64. The Balaban J connectivity index is 1.64. The molecule has 5 nitrogen and oxygen atoms in total. The monoisotopic (exact) mass is 670 g/mol. The minimum atomic E-state index is -0.135. The predicted molar refractivity (Wildman–Crippen MR) is 139 cm³/mol. The Kier molecular flexibility index (Phi) is 7.56. The van der Waals surface area contributed by atoms with Gasteiger partial charge in [0.1, 0.15) is 18.0 Å². The van der Waals surface area contributed by atoms with Gasteiger partial charge in [0.2, 0.25) is 0 Å². The van der Waals surface area contributed by atoms with Gasteiger partial charge in [-0.2, -0.15) is 0 Å². The Bertz CT molecular complexity index is 771. The zero-order valence-electron chi connectivity index (χ0n) is 19.4. The third kappa shape index (κ3) is 4.28. The lowest BCUT2D eigenvalue weighted by atomic mass is 9.43. The second kappa shape index (κ2) is 9.61. The quantitative estimate of drug-likeness (QED) is 0.219. The molecular weight excluding hydrogens is 634 g/mol. The molecule has 0 aromatic rings. The van der Waals surface area contributed by atoms with E-state index in [9.17, 15) is 14.4 Å². The molecule has 0 N–H and O–H groups in total. The van der Waals surface area contributed by atoms with Crippen LogP contribution in [-0.4, -0.2) is 38.8 Å². The number of hydrogen-bond donors (Lipinski definition) is 0. The molecule has 0 spiro atoms. The lowest BCUT2D eigenvalue weighted by Gasteiger charge is -2.62. The maximum atomic E-state index is 12.5. The SMILES string of the molecule is CC(=O)[C@H]1CC[C@H]2[C@@H]3CCC4CC(OC(=O)CI)CC[C@]4(C)[C@H]3C(OC(=O)CI)C[C@]12C. The van der Waals surface area contributed by atoms with Crippen molar-refractivity contribution in [3.8, 4) is 0 Å². The molecule has 7 heteroatoms. The summed E-state index contributed by atoms with van der Waals surface area (Å²) in [5, 5.41) is 0. The lowest BCUT2D eigenvalue weighted by Crippen LogP contribution is -2.60. The van der Waals surface area contributed by atoms with E-state index in [0.717, 1.165) is 51.4 Å². The Labute approximate surface area is 219 Å². The van der Waals surface area contributed by atoms with E-state index in [1.807, 2.05) is 0 Å². The molecule has 0 amide bonds. The van der Waals surface area contributed by atoms with Crippen LogP contribution >= 0.6 is 45.2 Å². The van der Waals surface area contributed by atoms with Crippen molar-refractivity contribution >= 4 is 62.9 Å². The Morgan fingerprint density at radius 3 is 2.25 bits per heavy atom. The van der Waals surface area contributed by atoms with Gasteiger partial charge in [0.15, 0.2) is 0 Å². The highest BCUT2D eigenvalue weighted by atomic mass is 127. The van der Waals surface area contributed by atoms with Gasteiger partial charge in [0, 0.05) is 11.8 Å². The Morgan fingerprint density at radius 2 is 1.59 bits per heavy atom. The Morgan fingerprint density at radius 1 is 0.906 bits per heavy atom. The van der Waals surface area contributed by atoms with Crippen LogP contribution in [0.25, 0.3) is 0 Å². The molecule has 4 saturated carbocycles. The van der Waals surface area contributed by atoms with Crippen molar-refractivity contribution in [2.75, 3.05) is 8.86 Å². The number of carbonyl (C=O) groups is 3. The van der Waals surface area contributed by atoms with Crippen LogP contribution in [0.5, 0.6) is 0 Å². The molecule has 0 heterocycles. The molecular formula is C25H36I2O5. The van der Waals surface area contributed by atoms with Gasteiger partial charge in [-0.25, -0.2) is 0 Å². The summed E-state index contributed by atoms with van der Waals surface area (Å²) in [5.74, 6) is 1.98. The van der Waals surface area contributed by atoms with Crippen LogP contribution in [0.1, 0.15) is 72.1 Å². The van der Waals surface area contributed by atoms with Crippen LogP contribution < -0.4 is 0 Å². The highest BCUT2D eigenvalue weighted by molar-refractivity contribution is 14.1. The fourth-order valence-corrected chi connectivity index (χ4v) is 8.97. The molecule has 0 aromatic heterocycles. The number of fused-ring (bicyclic) bond motifs is 5. The van der Waals surface area contributed by atoms with E-state index in [-0.39, 0.29) is 40.9 Å². The summed E-state index contributed by atoms with van der Waals surface area (Å²) in [7, 11) is 0. The second-order valence-corrected chi connectivity index (χ2v) is 12.7. The van der Waals surface area contributed by atoms with E-state index in [2.05, 4.69) is 59.0 Å². The molecule has 4 rings (SSSR count). The summed E-state index contributed by atoms with van der Waals surface area (Å²) in [6.45, 7) is 6.45. The molecule has 0 bridgehead atoms. The van der Waals surface area contributed by atoms with E-state index < -0.39 is 0 Å². The highest BCUT2D eigenvalue weighted by Crippen LogP contribution is 2.68. The Hall–Kier alpha value is 0.0700. The van der Waals surface area contributed by atoms with Gasteiger partial charge in [-0.05, 0) is 86.9 Å². The predicted octanol–water partition coefficient (Wildman–Crippen LogP) is 5.54.